The van der Waals surface area contributed by atoms with Crippen LogP contribution >= 0.6 is 0 Å². The number of halogens is 2. The van der Waals surface area contributed by atoms with Crippen molar-refractivity contribution in [3.05, 3.63) is 95.6 Å². The minimum atomic E-state index is -0.271. The molecular weight excluding hydrogens is 344 g/mol. The van der Waals surface area contributed by atoms with E-state index in [1.54, 1.807) is 18.2 Å². The number of hydrogen-bond acceptors (Lipinski definition) is 2. The van der Waals surface area contributed by atoms with Crippen LogP contribution in [0.1, 0.15) is 29.6 Å². The molecule has 1 aliphatic rings. The van der Waals surface area contributed by atoms with E-state index in [1.807, 2.05) is 36.4 Å². The molecule has 0 aliphatic carbocycles. The Morgan fingerprint density at radius 3 is 2.44 bits per heavy atom. The largest absolute Gasteiger partial charge is 0.349 e. The summed E-state index contributed by atoms with van der Waals surface area (Å²) in [6.07, 6.45) is 0.639. The van der Waals surface area contributed by atoms with Crippen molar-refractivity contribution < 1.29 is 8.78 Å². The minimum Gasteiger partial charge on any atom is -0.349 e. The lowest BCUT2D eigenvalue weighted by Gasteiger charge is -2.33. The van der Waals surface area contributed by atoms with Crippen molar-refractivity contribution in [1.29, 1.82) is 0 Å². The van der Waals surface area contributed by atoms with Crippen molar-refractivity contribution >= 4 is 17.0 Å². The average molecular weight is 361 g/mol. The van der Waals surface area contributed by atoms with Gasteiger partial charge in [-0.05, 0) is 42.3 Å². The molecule has 1 aliphatic heterocycles. The molecule has 134 valence electrons. The number of imidazole rings is 1. The van der Waals surface area contributed by atoms with Crippen molar-refractivity contribution in [1.82, 2.24) is 9.55 Å². The predicted molar refractivity (Wildman–Crippen MR) is 102 cm³/mol. The fourth-order valence-corrected chi connectivity index (χ4v) is 3.93. The fraction of sp³-hybridized carbons (Fsp3) is 0.136. The van der Waals surface area contributed by atoms with Crippen LogP contribution in [0.2, 0.25) is 0 Å². The van der Waals surface area contributed by atoms with E-state index >= 15 is 0 Å². The summed E-state index contributed by atoms with van der Waals surface area (Å²) in [5, 5.41) is 3.45. The second kappa shape index (κ2) is 6.20. The Labute approximate surface area is 155 Å². The Kier molecular flexibility index (Phi) is 3.67. The van der Waals surface area contributed by atoms with Crippen LogP contribution in [0, 0.1) is 11.6 Å². The third kappa shape index (κ3) is 2.67. The Morgan fingerprint density at radius 1 is 0.889 bits per heavy atom. The van der Waals surface area contributed by atoms with Gasteiger partial charge in [-0.2, -0.15) is 0 Å². The normalized spacial score (nSPS) is 18.9. The Morgan fingerprint density at radius 2 is 1.63 bits per heavy atom. The molecule has 0 bridgehead atoms. The van der Waals surface area contributed by atoms with Crippen LogP contribution in [0.4, 0.5) is 14.7 Å². The first-order chi connectivity index (χ1) is 13.2. The average Bonchev–Trinajstić information content (AvgIpc) is 3.07. The Hall–Kier alpha value is -3.21. The van der Waals surface area contributed by atoms with Gasteiger partial charge < -0.3 is 9.88 Å². The van der Waals surface area contributed by atoms with E-state index in [-0.39, 0.29) is 23.7 Å². The maximum absolute atomic E-state index is 14.7. The molecule has 5 rings (SSSR count). The van der Waals surface area contributed by atoms with Crippen LogP contribution in [0.3, 0.4) is 0 Å². The van der Waals surface area contributed by atoms with E-state index in [4.69, 9.17) is 4.98 Å². The maximum Gasteiger partial charge on any atom is 0.204 e. The molecular formula is C22H17F2N3. The van der Waals surface area contributed by atoms with E-state index in [2.05, 4.69) is 9.88 Å². The quantitative estimate of drug-likeness (QED) is 0.514. The number of fused-ring (bicyclic) bond motifs is 3. The molecule has 0 unspecified atom stereocenters. The zero-order valence-corrected chi connectivity index (χ0v) is 14.4. The van der Waals surface area contributed by atoms with Gasteiger partial charge in [0.05, 0.1) is 23.1 Å². The van der Waals surface area contributed by atoms with Crippen LogP contribution in [-0.4, -0.2) is 9.55 Å². The SMILES string of the molecule is Fc1ccc([C@@H]2C[C@H](c3ccccc3F)n3c(nc4ccccc43)N2)cc1. The van der Waals surface area contributed by atoms with Gasteiger partial charge in [-0.3, -0.25) is 0 Å². The van der Waals surface area contributed by atoms with Gasteiger partial charge in [0.15, 0.2) is 0 Å². The number of benzene rings is 3. The third-order valence-electron chi connectivity index (χ3n) is 5.21. The van der Waals surface area contributed by atoms with Crippen LogP contribution < -0.4 is 5.32 Å². The highest BCUT2D eigenvalue weighted by Gasteiger charge is 2.32. The summed E-state index contributed by atoms with van der Waals surface area (Å²) >= 11 is 0. The second-order valence-electron chi connectivity index (χ2n) is 6.82. The summed E-state index contributed by atoms with van der Waals surface area (Å²) in [4.78, 5) is 4.71. The summed E-state index contributed by atoms with van der Waals surface area (Å²) < 4.78 is 30.1. The fourth-order valence-electron chi connectivity index (χ4n) is 3.93. The molecule has 1 N–H and O–H groups in total. The molecule has 3 nitrogen and oxygen atoms in total. The number of para-hydroxylation sites is 2. The maximum atomic E-state index is 14.7. The third-order valence-corrected chi connectivity index (χ3v) is 5.21. The summed E-state index contributed by atoms with van der Waals surface area (Å²) in [5.74, 6) is 0.198. The molecule has 4 aromatic rings. The standard InChI is InChI=1S/C22H17F2N3/c23-15-11-9-14(10-12-15)19-13-21(16-5-1-2-6-17(16)24)27-20-8-4-3-7-18(20)25-22(27)26-19/h1-12,19,21H,13H2,(H,25,26)/t19-,21+/m0/s1. The highest BCUT2D eigenvalue weighted by Crippen LogP contribution is 2.41. The molecule has 5 heteroatoms. The molecule has 0 saturated carbocycles. The summed E-state index contributed by atoms with van der Waals surface area (Å²) in [7, 11) is 0. The molecule has 0 radical (unpaired) electrons. The molecule has 3 aromatic carbocycles. The van der Waals surface area contributed by atoms with Crippen molar-refractivity contribution in [2.45, 2.75) is 18.5 Å². The number of hydrogen-bond donors (Lipinski definition) is 1. The zero-order chi connectivity index (χ0) is 18.4. The lowest BCUT2D eigenvalue weighted by atomic mass is 9.92. The topological polar surface area (TPSA) is 29.9 Å². The van der Waals surface area contributed by atoms with Gasteiger partial charge in [0.2, 0.25) is 5.95 Å². The molecule has 0 amide bonds. The van der Waals surface area contributed by atoms with Crippen LogP contribution in [0.5, 0.6) is 0 Å². The van der Waals surface area contributed by atoms with Crippen LogP contribution in [0.25, 0.3) is 11.0 Å². The molecule has 1 aromatic heterocycles. The van der Waals surface area contributed by atoms with Gasteiger partial charge >= 0.3 is 0 Å². The van der Waals surface area contributed by atoms with Crippen LogP contribution in [-0.2, 0) is 0 Å². The minimum absolute atomic E-state index is 0.0838. The second-order valence-corrected chi connectivity index (χ2v) is 6.82. The number of nitrogens with zero attached hydrogens (tertiary/aromatic N) is 2. The lowest BCUT2D eigenvalue weighted by Crippen LogP contribution is -2.27. The van der Waals surface area contributed by atoms with E-state index in [0.29, 0.717) is 17.9 Å². The molecule has 2 atom stereocenters. The van der Waals surface area contributed by atoms with E-state index < -0.39 is 0 Å². The monoisotopic (exact) mass is 361 g/mol. The van der Waals surface area contributed by atoms with Gasteiger partial charge in [0.25, 0.3) is 0 Å². The Balaban J connectivity index is 1.68. The van der Waals surface area contributed by atoms with Crippen molar-refractivity contribution in [3.63, 3.8) is 0 Å². The van der Waals surface area contributed by atoms with Crippen LogP contribution in [0.15, 0.2) is 72.8 Å². The summed E-state index contributed by atoms with van der Waals surface area (Å²) in [5.41, 5.74) is 3.42. The molecule has 0 fully saturated rings. The first kappa shape index (κ1) is 16.0. The van der Waals surface area contributed by atoms with E-state index in [0.717, 1.165) is 16.6 Å². The number of aromatic nitrogens is 2. The number of rotatable bonds is 2. The summed E-state index contributed by atoms with van der Waals surface area (Å²) in [6.45, 7) is 0. The van der Waals surface area contributed by atoms with Gasteiger partial charge in [-0.1, -0.05) is 42.5 Å². The van der Waals surface area contributed by atoms with Gasteiger partial charge in [-0.15, -0.1) is 0 Å². The Bertz CT molecular complexity index is 1120. The van der Waals surface area contributed by atoms with Crippen molar-refractivity contribution in [3.8, 4) is 0 Å². The van der Waals surface area contributed by atoms with Gasteiger partial charge in [-0.25, -0.2) is 13.8 Å². The zero-order valence-electron chi connectivity index (χ0n) is 14.4. The van der Waals surface area contributed by atoms with Crippen molar-refractivity contribution in [2.24, 2.45) is 0 Å². The van der Waals surface area contributed by atoms with Gasteiger partial charge in [0.1, 0.15) is 11.6 Å². The smallest absolute Gasteiger partial charge is 0.204 e. The molecule has 0 spiro atoms. The number of nitrogens with one attached hydrogen (secondary N) is 1. The predicted octanol–water partition coefficient (Wildman–Crippen LogP) is 5.46. The first-order valence-electron chi connectivity index (χ1n) is 8.94. The molecule has 2 heterocycles. The van der Waals surface area contributed by atoms with Crippen molar-refractivity contribution in [2.75, 3.05) is 5.32 Å². The highest BCUT2D eigenvalue weighted by molar-refractivity contribution is 5.79. The number of anilines is 1. The van der Waals surface area contributed by atoms with E-state index in [9.17, 15) is 8.78 Å². The molecule has 27 heavy (non-hydrogen) atoms. The van der Waals surface area contributed by atoms with Gasteiger partial charge in [0, 0.05) is 5.56 Å². The lowest BCUT2D eigenvalue weighted by molar-refractivity contribution is 0.456. The van der Waals surface area contributed by atoms with E-state index in [1.165, 1.54) is 18.2 Å². The molecule has 0 saturated heterocycles. The highest BCUT2D eigenvalue weighted by atomic mass is 19.1. The summed E-state index contributed by atoms with van der Waals surface area (Å²) in [6, 6.07) is 20.9. The first-order valence-corrected chi connectivity index (χ1v) is 8.94.